The number of piperidine rings is 1. The molecule has 14 heteroatoms. The highest BCUT2D eigenvalue weighted by atomic mass is 16.6. The maximum absolute atomic E-state index is 14.4. The number of carbonyl (C=O) groups excluding carboxylic acids is 5. The molecule has 1 unspecified atom stereocenters. The summed E-state index contributed by atoms with van der Waals surface area (Å²) >= 11 is 0. The van der Waals surface area contributed by atoms with Crippen LogP contribution >= 0.6 is 0 Å². The molecule has 3 fully saturated rings. The van der Waals surface area contributed by atoms with E-state index in [2.05, 4.69) is 0 Å². The summed E-state index contributed by atoms with van der Waals surface area (Å²) in [4.78, 5) is 71.8. The molecule has 65 heavy (non-hydrogen) atoms. The molecule has 1 amide bonds. The highest BCUT2D eigenvalue weighted by Crippen LogP contribution is 2.38. The Morgan fingerprint density at radius 3 is 2.25 bits per heavy atom. The van der Waals surface area contributed by atoms with Crippen molar-refractivity contribution >= 4 is 29.2 Å². The van der Waals surface area contributed by atoms with Crippen molar-refractivity contribution in [3.05, 3.63) is 47.6 Å². The first-order chi connectivity index (χ1) is 30.7. The van der Waals surface area contributed by atoms with Gasteiger partial charge < -0.3 is 43.9 Å². The molecule has 3 heterocycles. The molecule has 366 valence electrons. The van der Waals surface area contributed by atoms with Gasteiger partial charge in [-0.25, -0.2) is 4.79 Å². The highest BCUT2D eigenvalue weighted by Gasteiger charge is 2.53. The Kier molecular flexibility index (Phi) is 21.0. The lowest BCUT2D eigenvalue weighted by molar-refractivity contribution is -0.265. The zero-order chi connectivity index (χ0) is 48.2. The van der Waals surface area contributed by atoms with Crippen LogP contribution in [0.3, 0.4) is 0 Å². The van der Waals surface area contributed by atoms with E-state index >= 15 is 0 Å². The predicted molar refractivity (Wildman–Crippen MR) is 245 cm³/mol. The van der Waals surface area contributed by atoms with E-state index in [4.69, 9.17) is 23.7 Å². The number of methoxy groups -OCH3 is 3. The second-order valence-electron chi connectivity index (χ2n) is 19.6. The summed E-state index contributed by atoms with van der Waals surface area (Å²) in [5, 5.41) is 33.8. The van der Waals surface area contributed by atoms with Gasteiger partial charge in [-0.05, 0) is 107 Å². The van der Waals surface area contributed by atoms with Gasteiger partial charge in [0.25, 0.3) is 11.7 Å². The number of fused-ring (bicyclic) bond motifs is 3. The summed E-state index contributed by atoms with van der Waals surface area (Å²) in [6, 6.07) is -1.14. The fourth-order valence-electron chi connectivity index (χ4n) is 10.1. The summed E-state index contributed by atoms with van der Waals surface area (Å²) in [6.45, 7) is 12.7. The molecular formula is C51H79NO13. The number of rotatable bonds is 6. The van der Waals surface area contributed by atoms with Gasteiger partial charge in [-0.3, -0.25) is 19.2 Å². The smallest absolute Gasteiger partial charge is 0.329 e. The van der Waals surface area contributed by atoms with Crippen molar-refractivity contribution in [3.8, 4) is 0 Å². The predicted octanol–water partition coefficient (Wildman–Crippen LogP) is 6.18. The van der Waals surface area contributed by atoms with E-state index in [0.717, 1.165) is 12.0 Å². The third-order valence-electron chi connectivity index (χ3n) is 14.5. The third kappa shape index (κ3) is 14.3. The Labute approximate surface area is 387 Å². The molecule has 3 aliphatic heterocycles. The monoisotopic (exact) mass is 914 g/mol. The molecule has 0 aromatic rings. The van der Waals surface area contributed by atoms with Crippen molar-refractivity contribution in [2.75, 3.05) is 27.9 Å². The molecular weight excluding hydrogens is 835 g/mol. The highest BCUT2D eigenvalue weighted by molar-refractivity contribution is 6.39. The number of Topliss-reactive ketones (excluding diaryl/α,β-unsaturated/α-hetero) is 3. The third-order valence-corrected chi connectivity index (χ3v) is 14.5. The van der Waals surface area contributed by atoms with Crippen molar-refractivity contribution < 1.29 is 63.0 Å². The van der Waals surface area contributed by atoms with Gasteiger partial charge in [-0.15, -0.1) is 0 Å². The van der Waals surface area contributed by atoms with E-state index in [1.807, 2.05) is 58.1 Å². The molecule has 0 radical (unpaired) electrons. The lowest BCUT2D eigenvalue weighted by Crippen LogP contribution is -2.61. The maximum atomic E-state index is 14.4. The first-order valence-corrected chi connectivity index (χ1v) is 23.9. The Morgan fingerprint density at radius 1 is 0.846 bits per heavy atom. The van der Waals surface area contributed by atoms with Crippen LogP contribution in [0.1, 0.15) is 126 Å². The number of aliphatic hydroxyl groups excluding tert-OH is 2. The van der Waals surface area contributed by atoms with Crippen LogP contribution in [0.5, 0.6) is 0 Å². The summed E-state index contributed by atoms with van der Waals surface area (Å²) in [5.74, 6) is -7.96. The number of ether oxygens (including phenoxy) is 5. The van der Waals surface area contributed by atoms with Gasteiger partial charge in [0.15, 0.2) is 5.78 Å². The van der Waals surface area contributed by atoms with Crippen LogP contribution in [-0.4, -0.2) is 132 Å². The van der Waals surface area contributed by atoms with E-state index in [-0.39, 0.29) is 54.8 Å². The molecule has 4 rings (SSSR count). The average Bonchev–Trinajstić information content (AvgIpc) is 3.28. The van der Waals surface area contributed by atoms with Crippen molar-refractivity contribution in [2.45, 2.75) is 180 Å². The Hall–Kier alpha value is -3.37. The van der Waals surface area contributed by atoms with Crippen LogP contribution in [-0.2, 0) is 47.7 Å². The molecule has 15 atom stereocenters. The zero-order valence-electron chi connectivity index (χ0n) is 40.6. The summed E-state index contributed by atoms with van der Waals surface area (Å²) in [5.41, 5.74) is 1.27. The lowest BCUT2D eigenvalue weighted by Gasteiger charge is -2.42. The molecule has 2 saturated heterocycles. The summed E-state index contributed by atoms with van der Waals surface area (Å²) in [6.07, 6.45) is 11.2. The second kappa shape index (κ2) is 25.1. The minimum absolute atomic E-state index is 0.0193. The fraction of sp³-hybridized carbons (Fsp3) is 0.745. The molecule has 1 aliphatic carbocycles. The first kappa shape index (κ1) is 54.2. The average molecular weight is 914 g/mol. The van der Waals surface area contributed by atoms with Crippen molar-refractivity contribution in [1.82, 2.24) is 4.90 Å². The van der Waals surface area contributed by atoms with E-state index in [9.17, 15) is 39.3 Å². The second-order valence-corrected chi connectivity index (χ2v) is 19.6. The SMILES string of the molecule is CO[C@H]1C[C@@H](C[C@@H](C)C2CC(=O)[C@H](C)/C=C(/C)[C@H](O)[C@@H](OC)C(=O)[C@@H](C)C[C@@H](C)\C=C/C=C\C=C(\C)[C@H](OC)C[C@H]3CC[C@H](C)[C@](O)(O3)C(=O)C(=O)N3CCCC[C@@H]3C(=O)O2)CC[C@H]1O. The topological polar surface area (TPSA) is 195 Å². The Balaban J connectivity index is 1.70. The molecule has 1 saturated carbocycles. The number of cyclic esters (lactones) is 1. The number of ketones is 3. The van der Waals surface area contributed by atoms with Crippen molar-refractivity contribution in [2.24, 2.45) is 35.5 Å². The minimum Gasteiger partial charge on any atom is -0.460 e. The lowest BCUT2D eigenvalue weighted by atomic mass is 9.78. The minimum atomic E-state index is -2.43. The molecule has 0 spiro atoms. The van der Waals surface area contributed by atoms with E-state index in [1.165, 1.54) is 12.0 Å². The standard InChI is InChI=1S/C51H79NO13/c1-30-16-12-11-13-17-31(2)42(61-8)28-38-21-19-36(7)51(60,65-38)48(57)49(58)52-23-15-14-18-39(52)50(59)64-43(33(4)26-37-20-22-40(53)44(27-37)62-9)29-41(54)32(3)25-35(6)46(56)47(63-10)45(55)34(5)24-30/h11-13,16-17,25,30,32-34,36-40,42-44,46-47,53,56,60H,14-15,18-24,26-29H2,1-10H3/b13-11-,16-12-,31-17-,35-25-/t30-,32+,33+,34-,36-,37+,38+,39+,40+,42+,43?,44-,46-,47-,51-/m0/s1. The van der Waals surface area contributed by atoms with E-state index in [0.29, 0.717) is 63.4 Å². The number of amides is 1. The molecule has 3 N–H and O–H groups in total. The molecule has 4 aliphatic rings. The zero-order valence-corrected chi connectivity index (χ0v) is 40.6. The van der Waals surface area contributed by atoms with Crippen molar-refractivity contribution in [1.29, 1.82) is 0 Å². The molecule has 0 aromatic heterocycles. The number of aliphatic hydroxyl groups is 3. The van der Waals surface area contributed by atoms with Gasteiger partial charge >= 0.3 is 5.97 Å². The van der Waals surface area contributed by atoms with Crippen LogP contribution < -0.4 is 0 Å². The number of esters is 1. The van der Waals surface area contributed by atoms with E-state index in [1.54, 1.807) is 41.1 Å². The van der Waals surface area contributed by atoms with Gasteiger partial charge in [0.05, 0.1) is 24.4 Å². The normalized spacial score (nSPS) is 40.4. The van der Waals surface area contributed by atoms with Crippen LogP contribution in [0.2, 0.25) is 0 Å². The van der Waals surface area contributed by atoms with Crippen LogP contribution in [0.4, 0.5) is 0 Å². The molecule has 2 bridgehead atoms. The summed E-state index contributed by atoms with van der Waals surface area (Å²) in [7, 11) is 4.52. The number of allylic oxidation sites excluding steroid dienone is 6. The summed E-state index contributed by atoms with van der Waals surface area (Å²) < 4.78 is 29.4. The number of carbonyl (C=O) groups is 5. The van der Waals surface area contributed by atoms with Crippen LogP contribution in [0.15, 0.2) is 47.6 Å². The number of hydrogen-bond acceptors (Lipinski definition) is 13. The van der Waals surface area contributed by atoms with Gasteiger partial charge in [-0.2, -0.15) is 0 Å². The first-order valence-electron chi connectivity index (χ1n) is 23.9. The molecule has 0 aromatic carbocycles. The van der Waals surface area contributed by atoms with Crippen molar-refractivity contribution in [3.63, 3.8) is 0 Å². The quantitative estimate of drug-likeness (QED) is 0.156. The molecule has 14 nitrogen and oxygen atoms in total. The van der Waals surface area contributed by atoms with Gasteiger partial charge in [0, 0.05) is 58.5 Å². The Bertz CT molecular complexity index is 1760. The largest absolute Gasteiger partial charge is 0.460 e. The maximum Gasteiger partial charge on any atom is 0.329 e. The van der Waals surface area contributed by atoms with Crippen LogP contribution in [0, 0.1) is 35.5 Å². The Morgan fingerprint density at radius 2 is 1.57 bits per heavy atom. The van der Waals surface area contributed by atoms with Gasteiger partial charge in [0.2, 0.25) is 5.79 Å². The van der Waals surface area contributed by atoms with Crippen LogP contribution in [0.25, 0.3) is 0 Å². The number of hydrogen-bond donors (Lipinski definition) is 3. The number of nitrogens with zero attached hydrogens (tertiary/aromatic N) is 1. The van der Waals surface area contributed by atoms with E-state index < -0.39 is 83.9 Å². The van der Waals surface area contributed by atoms with Gasteiger partial charge in [-0.1, -0.05) is 71.1 Å². The van der Waals surface area contributed by atoms with Gasteiger partial charge in [0.1, 0.15) is 30.1 Å². The fourth-order valence-corrected chi connectivity index (χ4v) is 10.1.